The van der Waals surface area contributed by atoms with Crippen molar-refractivity contribution in [3.8, 4) is 0 Å². The third kappa shape index (κ3) is 6.20. The molecule has 7 heteroatoms. The maximum atomic E-state index is 13.2. The van der Waals surface area contributed by atoms with Gasteiger partial charge in [0.2, 0.25) is 0 Å². The highest BCUT2D eigenvalue weighted by Gasteiger charge is 2.30. The first kappa shape index (κ1) is 27.8. The summed E-state index contributed by atoms with van der Waals surface area (Å²) in [7, 11) is 0. The second kappa shape index (κ2) is 11.8. The van der Waals surface area contributed by atoms with Gasteiger partial charge in [-0.05, 0) is 95.3 Å². The van der Waals surface area contributed by atoms with Gasteiger partial charge in [-0.25, -0.2) is 4.79 Å². The van der Waals surface area contributed by atoms with Crippen LogP contribution >= 0.6 is 0 Å². The number of benzene rings is 3. The van der Waals surface area contributed by atoms with Crippen LogP contribution in [0.3, 0.4) is 0 Å². The molecule has 3 aromatic carbocycles. The Morgan fingerprint density at radius 3 is 2.33 bits per heavy atom. The van der Waals surface area contributed by atoms with Crippen LogP contribution in [-0.4, -0.2) is 42.3 Å². The summed E-state index contributed by atoms with van der Waals surface area (Å²) in [4.78, 5) is 13.9. The average molecular weight is 550 g/mol. The Kier molecular flexibility index (Phi) is 8.22. The minimum absolute atomic E-state index is 0.218. The molecule has 5 rings (SSSR count). The maximum absolute atomic E-state index is 13.2. The summed E-state index contributed by atoms with van der Waals surface area (Å²) in [6.45, 7) is 2.23. The molecule has 40 heavy (non-hydrogen) atoms. The normalized spacial score (nSPS) is 17.2. The summed E-state index contributed by atoms with van der Waals surface area (Å²) in [6.07, 6.45) is 1.34. The SMILES string of the molecule is O=C(O)c1ccc2c(c1)CCCC(c1ccc(C(F)(F)F)cc1)=C2c1ccc(/C=C2/CCN(CCCF)C2)cc1. The van der Waals surface area contributed by atoms with E-state index in [1.807, 2.05) is 30.3 Å². The van der Waals surface area contributed by atoms with Gasteiger partial charge in [-0.2, -0.15) is 13.2 Å². The Morgan fingerprint density at radius 2 is 1.65 bits per heavy atom. The third-order valence-corrected chi connectivity index (χ3v) is 7.71. The summed E-state index contributed by atoms with van der Waals surface area (Å²) in [6, 6.07) is 18.6. The lowest BCUT2D eigenvalue weighted by molar-refractivity contribution is -0.137. The molecule has 1 heterocycles. The highest BCUT2D eigenvalue weighted by Crippen LogP contribution is 2.41. The summed E-state index contributed by atoms with van der Waals surface area (Å²) < 4.78 is 52.3. The lowest BCUT2D eigenvalue weighted by atomic mass is 9.87. The monoisotopic (exact) mass is 549 g/mol. The Bertz CT molecular complexity index is 1440. The van der Waals surface area contributed by atoms with Crippen LogP contribution in [0.25, 0.3) is 17.2 Å². The molecule has 0 saturated carbocycles. The number of alkyl halides is 4. The molecule has 0 aromatic heterocycles. The highest BCUT2D eigenvalue weighted by molar-refractivity contribution is 6.00. The zero-order chi connectivity index (χ0) is 28.3. The minimum Gasteiger partial charge on any atom is -0.478 e. The Morgan fingerprint density at radius 1 is 0.925 bits per heavy atom. The van der Waals surface area contributed by atoms with Crippen LogP contribution in [0.4, 0.5) is 17.6 Å². The Labute approximate surface area is 231 Å². The van der Waals surface area contributed by atoms with Crippen LogP contribution in [0.1, 0.15) is 69.4 Å². The smallest absolute Gasteiger partial charge is 0.416 e. The van der Waals surface area contributed by atoms with Gasteiger partial charge in [-0.15, -0.1) is 0 Å². The number of likely N-dealkylation sites (tertiary alicyclic amines) is 1. The molecule has 3 aromatic rings. The number of allylic oxidation sites excluding steroid dienone is 1. The molecule has 3 nitrogen and oxygen atoms in total. The fraction of sp³-hybridized carbons (Fsp3) is 0.303. The van der Waals surface area contributed by atoms with Crippen molar-refractivity contribution in [2.75, 3.05) is 26.3 Å². The summed E-state index contributed by atoms with van der Waals surface area (Å²) >= 11 is 0. The van der Waals surface area contributed by atoms with Crippen molar-refractivity contribution < 1.29 is 27.5 Å². The zero-order valence-corrected chi connectivity index (χ0v) is 22.1. The van der Waals surface area contributed by atoms with E-state index in [4.69, 9.17) is 0 Å². The van der Waals surface area contributed by atoms with Gasteiger partial charge in [0.15, 0.2) is 0 Å². The van der Waals surface area contributed by atoms with Crippen LogP contribution < -0.4 is 0 Å². The second-order valence-electron chi connectivity index (χ2n) is 10.5. The van der Waals surface area contributed by atoms with E-state index in [1.165, 1.54) is 17.7 Å². The van der Waals surface area contributed by atoms with Crippen molar-refractivity contribution >= 4 is 23.2 Å². The van der Waals surface area contributed by atoms with Gasteiger partial charge in [0.25, 0.3) is 0 Å². The van der Waals surface area contributed by atoms with E-state index in [0.29, 0.717) is 19.3 Å². The standard InChI is InChI=1S/C33H31F4NO2/c34-16-2-17-38-18-15-23(21-38)19-22-5-7-25(8-6-22)31-29(24-9-12-28(13-10-24)33(35,36)37)4-1-3-26-20-27(32(39)40)11-14-30(26)31/h5-14,19-20H,1-4,15-18,21H2,(H,39,40)/b23-19-. The minimum atomic E-state index is -4.41. The number of aryl methyl sites for hydroxylation is 1. The molecule has 1 saturated heterocycles. The molecule has 0 radical (unpaired) electrons. The highest BCUT2D eigenvalue weighted by atomic mass is 19.4. The quantitative estimate of drug-likeness (QED) is 0.303. The largest absolute Gasteiger partial charge is 0.478 e. The van der Waals surface area contributed by atoms with Crippen molar-refractivity contribution in [2.24, 2.45) is 0 Å². The lowest BCUT2D eigenvalue weighted by Crippen LogP contribution is -2.20. The van der Waals surface area contributed by atoms with E-state index in [9.17, 15) is 27.5 Å². The molecule has 0 atom stereocenters. The first-order valence-corrected chi connectivity index (χ1v) is 13.6. The molecule has 1 N–H and O–H groups in total. The Balaban J connectivity index is 1.54. The molecule has 1 aliphatic heterocycles. The third-order valence-electron chi connectivity index (χ3n) is 7.71. The number of hydrogen-bond acceptors (Lipinski definition) is 2. The summed E-state index contributed by atoms with van der Waals surface area (Å²) in [5.41, 5.74) is 7.23. The Hall–Kier alpha value is -3.71. The van der Waals surface area contributed by atoms with Gasteiger partial charge in [-0.1, -0.05) is 54.1 Å². The van der Waals surface area contributed by atoms with Crippen LogP contribution in [0.15, 0.2) is 72.3 Å². The van der Waals surface area contributed by atoms with E-state index < -0.39 is 17.7 Å². The fourth-order valence-corrected chi connectivity index (χ4v) is 5.72. The van der Waals surface area contributed by atoms with Gasteiger partial charge in [-0.3, -0.25) is 9.29 Å². The van der Waals surface area contributed by atoms with Crippen LogP contribution in [-0.2, 0) is 12.6 Å². The van der Waals surface area contributed by atoms with E-state index in [2.05, 4.69) is 11.0 Å². The van der Waals surface area contributed by atoms with Gasteiger partial charge in [0.05, 0.1) is 17.8 Å². The molecular weight excluding hydrogens is 518 g/mol. The lowest BCUT2D eigenvalue weighted by Gasteiger charge is -2.18. The number of rotatable bonds is 7. The molecule has 2 aliphatic rings. The van der Waals surface area contributed by atoms with E-state index in [1.54, 1.807) is 12.1 Å². The summed E-state index contributed by atoms with van der Waals surface area (Å²) in [5.74, 6) is -0.992. The predicted octanol–water partition coefficient (Wildman–Crippen LogP) is 8.15. The second-order valence-corrected chi connectivity index (χ2v) is 10.5. The fourth-order valence-electron chi connectivity index (χ4n) is 5.72. The van der Waals surface area contributed by atoms with Crippen molar-refractivity contribution in [1.82, 2.24) is 4.90 Å². The number of hydrogen-bond donors (Lipinski definition) is 1. The molecule has 1 aliphatic carbocycles. The summed E-state index contributed by atoms with van der Waals surface area (Å²) in [5, 5.41) is 9.54. The maximum Gasteiger partial charge on any atom is 0.416 e. The first-order valence-electron chi connectivity index (χ1n) is 13.6. The number of aromatic carboxylic acids is 1. The van der Waals surface area contributed by atoms with Crippen LogP contribution in [0.5, 0.6) is 0 Å². The van der Waals surface area contributed by atoms with Gasteiger partial charge >= 0.3 is 12.1 Å². The van der Waals surface area contributed by atoms with Crippen molar-refractivity contribution in [3.63, 3.8) is 0 Å². The van der Waals surface area contributed by atoms with Crippen molar-refractivity contribution in [3.05, 3.63) is 111 Å². The number of carboxylic acid groups (broad SMARTS) is 1. The molecule has 208 valence electrons. The first-order chi connectivity index (χ1) is 19.2. The van der Waals surface area contributed by atoms with Gasteiger partial charge < -0.3 is 5.11 Å². The number of carbonyl (C=O) groups is 1. The van der Waals surface area contributed by atoms with Crippen LogP contribution in [0, 0.1) is 0 Å². The number of carboxylic acids is 1. The average Bonchev–Trinajstić information content (AvgIpc) is 3.29. The molecular formula is C33H31F4NO2. The van der Waals surface area contributed by atoms with Crippen LogP contribution in [0.2, 0.25) is 0 Å². The molecule has 0 bridgehead atoms. The van der Waals surface area contributed by atoms with E-state index >= 15 is 0 Å². The number of nitrogens with zero attached hydrogens (tertiary/aromatic N) is 1. The van der Waals surface area contributed by atoms with Gasteiger partial charge in [0, 0.05) is 19.6 Å². The van der Waals surface area contributed by atoms with E-state index in [0.717, 1.165) is 83.6 Å². The zero-order valence-electron chi connectivity index (χ0n) is 22.1. The molecule has 1 fully saturated rings. The van der Waals surface area contributed by atoms with Crippen molar-refractivity contribution in [2.45, 2.75) is 38.3 Å². The topological polar surface area (TPSA) is 40.5 Å². The van der Waals surface area contributed by atoms with Crippen molar-refractivity contribution in [1.29, 1.82) is 0 Å². The van der Waals surface area contributed by atoms with E-state index in [-0.39, 0.29) is 12.2 Å². The number of halogens is 4. The molecule has 0 unspecified atom stereocenters. The number of fused-ring (bicyclic) bond motifs is 1. The van der Waals surface area contributed by atoms with Gasteiger partial charge in [0.1, 0.15) is 0 Å². The molecule has 0 spiro atoms. The molecule has 0 amide bonds. The predicted molar refractivity (Wildman–Crippen MR) is 150 cm³/mol.